The second kappa shape index (κ2) is 8.72. The van der Waals surface area contributed by atoms with Gasteiger partial charge in [0, 0.05) is 18.7 Å². The van der Waals surface area contributed by atoms with Crippen LogP contribution in [0, 0.1) is 18.7 Å². The van der Waals surface area contributed by atoms with Gasteiger partial charge >= 0.3 is 0 Å². The minimum absolute atomic E-state index is 0.0667. The molecule has 0 spiro atoms. The highest BCUT2D eigenvalue weighted by Gasteiger charge is 2.35. The van der Waals surface area contributed by atoms with E-state index in [1.807, 2.05) is 31.2 Å². The zero-order chi connectivity index (χ0) is 21.0. The zero-order valence-corrected chi connectivity index (χ0v) is 16.1. The fraction of sp³-hybridized carbons (Fsp3) is 0.286. The van der Waals surface area contributed by atoms with Gasteiger partial charge in [-0.2, -0.15) is 0 Å². The number of nitrogens with one attached hydrogen (secondary N) is 2. The summed E-state index contributed by atoms with van der Waals surface area (Å²) in [5, 5.41) is 0. The minimum atomic E-state index is -0.907. The van der Waals surface area contributed by atoms with E-state index in [-0.39, 0.29) is 18.9 Å². The lowest BCUT2D eigenvalue weighted by molar-refractivity contribution is -0.134. The number of rotatable bonds is 5. The number of carbonyl (C=O) groups is 3. The highest BCUT2D eigenvalue weighted by Crippen LogP contribution is 2.25. The fourth-order valence-electron chi connectivity index (χ4n) is 2.96. The third-order valence-corrected chi connectivity index (χ3v) is 4.65. The Kier molecular flexibility index (Phi) is 6.11. The van der Waals surface area contributed by atoms with Crippen LogP contribution in [0.5, 0.6) is 5.75 Å². The van der Waals surface area contributed by atoms with Gasteiger partial charge in [-0.3, -0.25) is 25.2 Å². The number of halogens is 1. The highest BCUT2D eigenvalue weighted by atomic mass is 19.1. The third kappa shape index (κ3) is 5.10. The molecule has 7 nitrogen and oxygen atoms in total. The van der Waals surface area contributed by atoms with Crippen molar-refractivity contribution in [3.8, 4) is 5.75 Å². The zero-order valence-electron chi connectivity index (χ0n) is 16.1. The SMILES string of the molecule is Cc1ccc(N2C[C@@H](C(=O)NNC(=O)[C@@H](C)Oc3ccc(F)cc3)CC2=O)cc1. The largest absolute Gasteiger partial charge is 0.481 e. The summed E-state index contributed by atoms with van der Waals surface area (Å²) in [4.78, 5) is 38.3. The monoisotopic (exact) mass is 399 g/mol. The number of hydrogen-bond donors (Lipinski definition) is 2. The Morgan fingerprint density at radius 2 is 1.76 bits per heavy atom. The molecule has 1 fully saturated rings. The summed E-state index contributed by atoms with van der Waals surface area (Å²) in [5.41, 5.74) is 6.46. The minimum Gasteiger partial charge on any atom is -0.481 e. The van der Waals surface area contributed by atoms with Crippen molar-refractivity contribution in [3.63, 3.8) is 0 Å². The van der Waals surface area contributed by atoms with E-state index in [0.29, 0.717) is 5.75 Å². The summed E-state index contributed by atoms with van der Waals surface area (Å²) < 4.78 is 18.3. The standard InChI is InChI=1S/C21H22FN3O4/c1-13-3-7-17(8-4-13)25-12-15(11-19(25)26)21(28)24-23-20(27)14(2)29-18-9-5-16(22)6-10-18/h3-10,14-15H,11-12H2,1-2H3,(H,23,27)(H,24,28)/t14-,15+/m1/s1. The van der Waals surface area contributed by atoms with E-state index in [1.165, 1.54) is 31.2 Å². The molecule has 2 atom stereocenters. The third-order valence-electron chi connectivity index (χ3n) is 4.65. The summed E-state index contributed by atoms with van der Waals surface area (Å²) in [7, 11) is 0. The van der Waals surface area contributed by atoms with Gasteiger partial charge in [-0.25, -0.2) is 4.39 Å². The molecule has 29 heavy (non-hydrogen) atoms. The summed E-state index contributed by atoms with van der Waals surface area (Å²) >= 11 is 0. The smallest absolute Gasteiger partial charge is 0.279 e. The van der Waals surface area contributed by atoms with E-state index in [2.05, 4.69) is 10.9 Å². The second-order valence-electron chi connectivity index (χ2n) is 6.93. The van der Waals surface area contributed by atoms with Gasteiger partial charge in [-0.1, -0.05) is 17.7 Å². The number of ether oxygens (including phenoxy) is 1. The van der Waals surface area contributed by atoms with Crippen molar-refractivity contribution in [2.75, 3.05) is 11.4 Å². The number of anilines is 1. The molecule has 3 rings (SSSR count). The first-order chi connectivity index (χ1) is 13.8. The molecule has 2 aromatic rings. The molecule has 1 heterocycles. The predicted octanol–water partition coefficient (Wildman–Crippen LogP) is 2.10. The maximum absolute atomic E-state index is 12.9. The number of hydrogen-bond acceptors (Lipinski definition) is 4. The van der Waals surface area contributed by atoms with Crippen LogP contribution in [0.2, 0.25) is 0 Å². The second-order valence-corrected chi connectivity index (χ2v) is 6.93. The fourth-order valence-corrected chi connectivity index (χ4v) is 2.96. The lowest BCUT2D eigenvalue weighted by Gasteiger charge is -2.18. The Labute approximate surface area is 167 Å². The summed E-state index contributed by atoms with van der Waals surface area (Å²) in [6.45, 7) is 3.70. The first-order valence-electron chi connectivity index (χ1n) is 9.22. The van der Waals surface area contributed by atoms with Crippen LogP contribution < -0.4 is 20.5 Å². The van der Waals surface area contributed by atoms with Crippen molar-refractivity contribution in [3.05, 3.63) is 59.9 Å². The van der Waals surface area contributed by atoms with Crippen molar-refractivity contribution in [1.29, 1.82) is 0 Å². The number of amides is 3. The number of benzene rings is 2. The van der Waals surface area contributed by atoms with Crippen LogP contribution >= 0.6 is 0 Å². The number of carbonyl (C=O) groups excluding carboxylic acids is 3. The van der Waals surface area contributed by atoms with Gasteiger partial charge in [0.1, 0.15) is 11.6 Å². The topological polar surface area (TPSA) is 87.7 Å². The molecule has 0 bridgehead atoms. The molecule has 2 aromatic carbocycles. The van der Waals surface area contributed by atoms with Crippen LogP contribution in [0.25, 0.3) is 0 Å². The maximum Gasteiger partial charge on any atom is 0.279 e. The average molecular weight is 399 g/mol. The van der Waals surface area contributed by atoms with Crippen LogP contribution in [0.4, 0.5) is 10.1 Å². The lowest BCUT2D eigenvalue weighted by Crippen LogP contribution is -2.49. The summed E-state index contributed by atoms with van der Waals surface area (Å²) in [6.07, 6.45) is -0.841. The van der Waals surface area contributed by atoms with Crippen molar-refractivity contribution in [2.45, 2.75) is 26.4 Å². The lowest BCUT2D eigenvalue weighted by atomic mass is 10.1. The molecule has 3 amide bonds. The Balaban J connectivity index is 1.49. The Morgan fingerprint density at radius 1 is 1.10 bits per heavy atom. The van der Waals surface area contributed by atoms with E-state index in [1.54, 1.807) is 4.90 Å². The van der Waals surface area contributed by atoms with Crippen molar-refractivity contribution in [1.82, 2.24) is 10.9 Å². The van der Waals surface area contributed by atoms with Gasteiger partial charge < -0.3 is 9.64 Å². The van der Waals surface area contributed by atoms with Gasteiger partial charge in [-0.05, 0) is 50.2 Å². The van der Waals surface area contributed by atoms with Crippen molar-refractivity contribution >= 4 is 23.4 Å². The number of nitrogens with zero attached hydrogens (tertiary/aromatic N) is 1. The van der Waals surface area contributed by atoms with E-state index in [4.69, 9.17) is 4.74 Å². The maximum atomic E-state index is 12.9. The summed E-state index contributed by atoms with van der Waals surface area (Å²) in [5.74, 6) is -1.81. The molecule has 1 aliphatic rings. The highest BCUT2D eigenvalue weighted by molar-refractivity contribution is 6.00. The summed E-state index contributed by atoms with van der Waals surface area (Å²) in [6, 6.07) is 12.7. The van der Waals surface area contributed by atoms with E-state index in [0.717, 1.165) is 11.3 Å². The van der Waals surface area contributed by atoms with Gasteiger partial charge in [0.05, 0.1) is 5.92 Å². The molecule has 1 saturated heterocycles. The van der Waals surface area contributed by atoms with Crippen LogP contribution in [0.3, 0.4) is 0 Å². The molecular weight excluding hydrogens is 377 g/mol. The molecule has 1 aliphatic heterocycles. The number of aryl methyl sites for hydroxylation is 1. The molecule has 0 radical (unpaired) electrons. The molecule has 0 aromatic heterocycles. The van der Waals surface area contributed by atoms with Crippen molar-refractivity contribution < 1.29 is 23.5 Å². The Morgan fingerprint density at radius 3 is 2.41 bits per heavy atom. The van der Waals surface area contributed by atoms with E-state index in [9.17, 15) is 18.8 Å². The number of hydrazine groups is 1. The Bertz CT molecular complexity index is 899. The molecule has 8 heteroatoms. The first kappa shape index (κ1) is 20.3. The first-order valence-corrected chi connectivity index (χ1v) is 9.22. The normalized spacial score (nSPS) is 17.0. The Hall–Kier alpha value is -3.42. The molecule has 0 unspecified atom stereocenters. The molecule has 0 saturated carbocycles. The molecule has 2 N–H and O–H groups in total. The quantitative estimate of drug-likeness (QED) is 0.754. The van der Waals surface area contributed by atoms with Gasteiger partial charge in [0.15, 0.2) is 6.10 Å². The average Bonchev–Trinajstić information content (AvgIpc) is 3.10. The predicted molar refractivity (Wildman–Crippen MR) is 104 cm³/mol. The molecule has 0 aliphatic carbocycles. The van der Waals surface area contributed by atoms with E-state index >= 15 is 0 Å². The van der Waals surface area contributed by atoms with Crippen LogP contribution in [0.1, 0.15) is 18.9 Å². The molecular formula is C21H22FN3O4. The van der Waals surface area contributed by atoms with Gasteiger partial charge in [-0.15, -0.1) is 0 Å². The van der Waals surface area contributed by atoms with Crippen molar-refractivity contribution in [2.24, 2.45) is 5.92 Å². The van der Waals surface area contributed by atoms with E-state index < -0.39 is 29.7 Å². The van der Waals surface area contributed by atoms with Gasteiger partial charge in [0.25, 0.3) is 5.91 Å². The van der Waals surface area contributed by atoms with Crippen LogP contribution in [-0.2, 0) is 14.4 Å². The molecule has 152 valence electrons. The van der Waals surface area contributed by atoms with Crippen LogP contribution in [0.15, 0.2) is 48.5 Å². The van der Waals surface area contributed by atoms with Crippen LogP contribution in [-0.4, -0.2) is 30.4 Å². The van der Waals surface area contributed by atoms with Gasteiger partial charge in [0.2, 0.25) is 11.8 Å².